The molecule has 4 aromatic rings. The highest BCUT2D eigenvalue weighted by atomic mass is 16.5. The van der Waals surface area contributed by atoms with Gasteiger partial charge in [0, 0.05) is 54.6 Å². The number of anilines is 2. The summed E-state index contributed by atoms with van der Waals surface area (Å²) in [4.78, 5) is 15.5. The smallest absolute Gasteiger partial charge is 0.154 e. The molecule has 0 aromatic carbocycles. The topological polar surface area (TPSA) is 89.7 Å². The van der Waals surface area contributed by atoms with E-state index in [0.29, 0.717) is 17.9 Å². The Balaban J connectivity index is 1.28. The van der Waals surface area contributed by atoms with Crippen molar-refractivity contribution in [1.82, 2.24) is 29.5 Å². The number of fused-ring (bicyclic) bond motifs is 3. The maximum atomic E-state index is 6.59. The third-order valence-corrected chi connectivity index (χ3v) is 6.95. The van der Waals surface area contributed by atoms with Crippen LogP contribution in [0.1, 0.15) is 24.4 Å². The van der Waals surface area contributed by atoms with E-state index >= 15 is 0 Å². The molecule has 0 saturated carbocycles. The van der Waals surface area contributed by atoms with Crippen LogP contribution in [-0.2, 0) is 4.74 Å². The third kappa shape index (κ3) is 4.44. The van der Waals surface area contributed by atoms with Gasteiger partial charge in [-0.05, 0) is 50.7 Å². The van der Waals surface area contributed by atoms with E-state index in [-0.39, 0.29) is 6.10 Å². The Bertz CT molecular complexity index is 1360. The number of piperidine rings is 1. The Morgan fingerprint density at radius 1 is 1.03 bits per heavy atom. The zero-order valence-corrected chi connectivity index (χ0v) is 20.2. The molecule has 2 saturated heterocycles. The van der Waals surface area contributed by atoms with E-state index in [1.165, 1.54) is 0 Å². The minimum Gasteiger partial charge on any atom is -0.488 e. The molecule has 0 amide bonds. The molecule has 2 aliphatic heterocycles. The molecule has 35 heavy (non-hydrogen) atoms. The summed E-state index contributed by atoms with van der Waals surface area (Å²) in [6.45, 7) is 5.42. The number of morpholine rings is 1. The lowest BCUT2D eigenvalue weighted by atomic mass is 9.92. The van der Waals surface area contributed by atoms with Gasteiger partial charge < -0.3 is 14.8 Å². The van der Waals surface area contributed by atoms with Crippen molar-refractivity contribution >= 4 is 17.2 Å². The average molecular weight is 472 g/mol. The third-order valence-electron chi connectivity index (χ3n) is 6.95. The molecule has 2 bridgehead atoms. The molecule has 3 atom stereocenters. The van der Waals surface area contributed by atoms with E-state index in [0.717, 1.165) is 65.8 Å². The Labute approximate surface area is 204 Å². The molecule has 9 heteroatoms. The van der Waals surface area contributed by atoms with Crippen LogP contribution >= 0.6 is 0 Å². The first-order chi connectivity index (χ1) is 17.0. The normalized spacial score (nSPS) is 22.3. The SMILES string of the molecule is Cc1cc(-c2ccn3nc(Nc4ccnc(C)n4)cc3c2)c(OC2C[C@H]3COC[C@@H](C2)N3C)cn1. The number of aromatic nitrogens is 5. The van der Waals surface area contributed by atoms with Gasteiger partial charge in [-0.2, -0.15) is 5.10 Å². The molecule has 2 fully saturated rings. The van der Waals surface area contributed by atoms with Crippen molar-refractivity contribution in [3.05, 3.63) is 60.4 Å². The molecule has 180 valence electrons. The maximum absolute atomic E-state index is 6.59. The summed E-state index contributed by atoms with van der Waals surface area (Å²) in [5.41, 5.74) is 4.04. The van der Waals surface area contributed by atoms with Gasteiger partial charge in [-0.25, -0.2) is 14.5 Å². The predicted molar refractivity (Wildman–Crippen MR) is 133 cm³/mol. The lowest BCUT2D eigenvalue weighted by Crippen LogP contribution is -2.57. The van der Waals surface area contributed by atoms with E-state index < -0.39 is 0 Å². The van der Waals surface area contributed by atoms with Gasteiger partial charge in [0.1, 0.15) is 23.5 Å². The summed E-state index contributed by atoms with van der Waals surface area (Å²) in [6, 6.07) is 10.9. The lowest BCUT2D eigenvalue weighted by Gasteiger charge is -2.46. The number of aryl methyl sites for hydroxylation is 2. The molecular formula is C26H29N7O2. The van der Waals surface area contributed by atoms with E-state index in [2.05, 4.69) is 55.5 Å². The number of hydrogen-bond acceptors (Lipinski definition) is 8. The minimum atomic E-state index is 0.152. The number of pyridine rings is 2. The first kappa shape index (κ1) is 21.9. The van der Waals surface area contributed by atoms with E-state index in [1.54, 1.807) is 6.20 Å². The second-order valence-electron chi connectivity index (χ2n) is 9.47. The maximum Gasteiger partial charge on any atom is 0.154 e. The van der Waals surface area contributed by atoms with E-state index in [9.17, 15) is 0 Å². The summed E-state index contributed by atoms with van der Waals surface area (Å²) < 4.78 is 14.2. The van der Waals surface area contributed by atoms with E-state index in [1.807, 2.05) is 42.9 Å². The van der Waals surface area contributed by atoms with E-state index in [4.69, 9.17) is 9.47 Å². The molecule has 4 aromatic heterocycles. The highest BCUT2D eigenvalue weighted by Gasteiger charge is 2.38. The monoisotopic (exact) mass is 471 g/mol. The van der Waals surface area contributed by atoms with Crippen LogP contribution in [0, 0.1) is 13.8 Å². The Kier molecular flexibility index (Phi) is 5.58. The van der Waals surface area contributed by atoms with Crippen molar-refractivity contribution in [1.29, 1.82) is 0 Å². The van der Waals surface area contributed by atoms with Crippen LogP contribution in [0.3, 0.4) is 0 Å². The summed E-state index contributed by atoms with van der Waals surface area (Å²) >= 11 is 0. The van der Waals surface area contributed by atoms with Gasteiger partial charge in [0.05, 0.1) is 24.9 Å². The minimum absolute atomic E-state index is 0.152. The summed E-state index contributed by atoms with van der Waals surface area (Å²) in [6.07, 6.45) is 7.63. The Hall–Kier alpha value is -3.56. The summed E-state index contributed by atoms with van der Waals surface area (Å²) in [5.74, 6) is 2.97. The van der Waals surface area contributed by atoms with Gasteiger partial charge in [0.25, 0.3) is 0 Å². The average Bonchev–Trinajstić information content (AvgIpc) is 3.22. The molecule has 0 radical (unpaired) electrons. The summed E-state index contributed by atoms with van der Waals surface area (Å²) in [7, 11) is 2.20. The van der Waals surface area contributed by atoms with Crippen LogP contribution < -0.4 is 10.1 Å². The molecule has 9 nitrogen and oxygen atoms in total. The van der Waals surface area contributed by atoms with Crippen molar-refractivity contribution in [3.8, 4) is 16.9 Å². The first-order valence-electron chi connectivity index (χ1n) is 12.0. The van der Waals surface area contributed by atoms with Crippen LogP contribution in [0.2, 0.25) is 0 Å². The first-order valence-corrected chi connectivity index (χ1v) is 12.0. The highest BCUT2D eigenvalue weighted by Crippen LogP contribution is 2.35. The second-order valence-corrected chi connectivity index (χ2v) is 9.47. The Morgan fingerprint density at radius 3 is 2.66 bits per heavy atom. The van der Waals surface area contributed by atoms with Gasteiger partial charge in [-0.1, -0.05) is 0 Å². The predicted octanol–water partition coefficient (Wildman–Crippen LogP) is 3.79. The number of nitrogens with zero attached hydrogens (tertiary/aromatic N) is 6. The van der Waals surface area contributed by atoms with Crippen LogP contribution in [0.25, 0.3) is 16.6 Å². The largest absolute Gasteiger partial charge is 0.488 e. The molecule has 0 aliphatic carbocycles. The second kappa shape index (κ2) is 8.90. The van der Waals surface area contributed by atoms with Crippen molar-refractivity contribution in [2.45, 2.75) is 44.9 Å². The van der Waals surface area contributed by atoms with Crippen molar-refractivity contribution in [2.75, 3.05) is 25.6 Å². The van der Waals surface area contributed by atoms with Gasteiger partial charge in [0.2, 0.25) is 0 Å². The van der Waals surface area contributed by atoms with Crippen LogP contribution in [0.15, 0.2) is 48.9 Å². The lowest BCUT2D eigenvalue weighted by molar-refractivity contribution is -0.0879. The molecule has 6 rings (SSSR count). The number of likely N-dealkylation sites (N-methyl/N-ethyl adjacent to an activating group) is 1. The highest BCUT2D eigenvalue weighted by molar-refractivity contribution is 5.75. The van der Waals surface area contributed by atoms with Crippen molar-refractivity contribution < 1.29 is 9.47 Å². The van der Waals surface area contributed by atoms with Gasteiger partial charge in [0.15, 0.2) is 5.82 Å². The van der Waals surface area contributed by atoms with Crippen LogP contribution in [-0.4, -0.2) is 67.9 Å². The van der Waals surface area contributed by atoms with Crippen molar-refractivity contribution in [3.63, 3.8) is 0 Å². The summed E-state index contributed by atoms with van der Waals surface area (Å²) in [5, 5.41) is 7.89. The van der Waals surface area contributed by atoms with Gasteiger partial charge in [-0.15, -0.1) is 0 Å². The molecule has 1 N–H and O–H groups in total. The van der Waals surface area contributed by atoms with Crippen LogP contribution in [0.5, 0.6) is 5.75 Å². The zero-order valence-electron chi connectivity index (χ0n) is 20.2. The molecular weight excluding hydrogens is 442 g/mol. The van der Waals surface area contributed by atoms with Gasteiger partial charge >= 0.3 is 0 Å². The number of rotatable bonds is 5. The van der Waals surface area contributed by atoms with Gasteiger partial charge in [-0.3, -0.25) is 9.88 Å². The number of ether oxygens (including phenoxy) is 2. The quantitative estimate of drug-likeness (QED) is 0.470. The zero-order chi connectivity index (χ0) is 23.9. The molecule has 1 unspecified atom stereocenters. The van der Waals surface area contributed by atoms with Crippen molar-refractivity contribution in [2.24, 2.45) is 0 Å². The van der Waals surface area contributed by atoms with Crippen LogP contribution in [0.4, 0.5) is 11.6 Å². The fourth-order valence-electron chi connectivity index (χ4n) is 5.07. The Morgan fingerprint density at radius 2 is 1.86 bits per heavy atom. The standard InChI is InChI=1S/C26H29N7O2/c1-16-8-23(24(13-28-16)35-22-10-20-14-34-15-21(11-22)32(20)3)18-5-7-33-19(9-18)12-26(31-33)30-25-4-6-27-17(2)29-25/h4-9,12-13,20-22H,10-11,14-15H2,1-3H3,(H,27,29,30,31)/t20-,21+,22?. The number of nitrogens with one attached hydrogen (secondary N) is 1. The fourth-order valence-corrected chi connectivity index (χ4v) is 5.07. The fraction of sp³-hybridized carbons (Fsp3) is 0.385. The number of hydrogen-bond donors (Lipinski definition) is 1. The molecule has 0 spiro atoms. The molecule has 6 heterocycles. The molecule has 2 aliphatic rings.